The van der Waals surface area contributed by atoms with Gasteiger partial charge >= 0.3 is 0 Å². The van der Waals surface area contributed by atoms with E-state index in [1.54, 1.807) is 18.5 Å². The second-order valence-electron chi connectivity index (χ2n) is 6.23. The van der Waals surface area contributed by atoms with Crippen LogP contribution in [0.5, 0.6) is 0 Å². The molecule has 31 heavy (non-hydrogen) atoms. The van der Waals surface area contributed by atoms with Crippen molar-refractivity contribution in [1.29, 1.82) is 0 Å². The maximum absolute atomic E-state index is 3.76. The van der Waals surface area contributed by atoms with E-state index >= 15 is 0 Å². The third kappa shape index (κ3) is 6.48. The Morgan fingerprint density at radius 3 is 1.52 bits per heavy atom. The van der Waals surface area contributed by atoms with E-state index in [9.17, 15) is 0 Å². The van der Waals surface area contributed by atoms with Gasteiger partial charge in [-0.3, -0.25) is 0 Å². The summed E-state index contributed by atoms with van der Waals surface area (Å²) >= 11 is 18.5. The fourth-order valence-corrected chi connectivity index (χ4v) is 6.21. The zero-order valence-electron chi connectivity index (χ0n) is 16.0. The molecule has 0 N–H and O–H groups in total. The lowest BCUT2D eigenvalue weighted by atomic mass is 10.1. The van der Waals surface area contributed by atoms with E-state index in [-0.39, 0.29) is 0 Å². The number of rotatable bonds is 4. The highest BCUT2D eigenvalue weighted by Crippen LogP contribution is 2.50. The normalized spacial score (nSPS) is 10.2. The number of hydrogen-bond acceptors (Lipinski definition) is 3. The summed E-state index contributed by atoms with van der Waals surface area (Å²) in [5, 5.41) is 0. The smallest absolute Gasteiger partial charge is 0.115 e. The van der Waals surface area contributed by atoms with Crippen LogP contribution in [-0.2, 0) is 6.54 Å². The summed E-state index contributed by atoms with van der Waals surface area (Å²) < 4.78 is 4.85. The molecular formula is C23H16Br5N3. The van der Waals surface area contributed by atoms with Crippen LogP contribution in [0.2, 0.25) is 0 Å². The van der Waals surface area contributed by atoms with Gasteiger partial charge in [-0.25, -0.2) is 9.97 Å². The topological polar surface area (TPSA) is 29.0 Å². The third-order valence-corrected chi connectivity index (χ3v) is 10.2. The molecule has 0 aliphatic carbocycles. The SMILES string of the molecule is Brc1c(Br)c(Br)c(N(Cc2ccccc2)c2ccccc2)c(Br)c1Br.c1cncnc1. The van der Waals surface area contributed by atoms with Gasteiger partial charge in [-0.05, 0) is 103 Å². The van der Waals surface area contributed by atoms with Crippen LogP contribution in [0.4, 0.5) is 11.4 Å². The molecule has 8 heteroatoms. The number of benzene rings is 3. The molecule has 0 amide bonds. The molecule has 158 valence electrons. The van der Waals surface area contributed by atoms with Gasteiger partial charge in [0.15, 0.2) is 0 Å². The van der Waals surface area contributed by atoms with E-state index in [1.807, 2.05) is 12.1 Å². The fraction of sp³-hybridized carbons (Fsp3) is 0.0435. The molecule has 0 bridgehead atoms. The molecule has 0 saturated carbocycles. The standard InChI is InChI=1S/C19H12Br5N.C4H4N2/c20-14-15(21)17(23)19(18(24)16(14)22)25(13-9-5-2-6-10-13)11-12-7-3-1-4-8-12;1-2-5-4-6-3-1/h1-10H,11H2;1-4H. The summed E-state index contributed by atoms with van der Waals surface area (Å²) in [5.74, 6) is 0. The molecule has 0 aliphatic rings. The maximum atomic E-state index is 3.76. The Labute approximate surface area is 224 Å². The van der Waals surface area contributed by atoms with Crippen molar-refractivity contribution in [2.75, 3.05) is 4.90 Å². The van der Waals surface area contributed by atoms with Crippen LogP contribution in [0.15, 0.2) is 108 Å². The predicted molar refractivity (Wildman–Crippen MR) is 146 cm³/mol. The number of aromatic nitrogens is 2. The molecule has 0 radical (unpaired) electrons. The highest BCUT2D eigenvalue weighted by Gasteiger charge is 2.23. The zero-order valence-corrected chi connectivity index (χ0v) is 24.0. The van der Waals surface area contributed by atoms with Crippen molar-refractivity contribution in [3.63, 3.8) is 0 Å². The first-order valence-corrected chi connectivity index (χ1v) is 13.0. The average molecular weight is 734 g/mol. The maximum Gasteiger partial charge on any atom is 0.115 e. The number of nitrogens with zero attached hydrogens (tertiary/aromatic N) is 3. The average Bonchev–Trinajstić information content (AvgIpc) is 2.84. The van der Waals surface area contributed by atoms with E-state index in [0.717, 1.165) is 40.3 Å². The lowest BCUT2D eigenvalue weighted by Crippen LogP contribution is -2.18. The van der Waals surface area contributed by atoms with Crippen LogP contribution in [0.25, 0.3) is 0 Å². The Balaban J connectivity index is 0.000000391. The molecule has 4 rings (SSSR count). The zero-order chi connectivity index (χ0) is 22.2. The van der Waals surface area contributed by atoms with Crippen molar-refractivity contribution < 1.29 is 0 Å². The molecule has 0 fully saturated rings. The monoisotopic (exact) mass is 729 g/mol. The lowest BCUT2D eigenvalue weighted by molar-refractivity contribution is 0.966. The Morgan fingerprint density at radius 2 is 1.06 bits per heavy atom. The molecule has 4 aromatic rings. The molecule has 0 aliphatic heterocycles. The first-order valence-electron chi connectivity index (χ1n) is 9.08. The van der Waals surface area contributed by atoms with Crippen molar-refractivity contribution in [1.82, 2.24) is 9.97 Å². The highest BCUT2D eigenvalue weighted by atomic mass is 79.9. The minimum Gasteiger partial charge on any atom is -0.335 e. The van der Waals surface area contributed by atoms with Crippen molar-refractivity contribution in [3.05, 3.63) is 113 Å². The summed E-state index contributed by atoms with van der Waals surface area (Å²) in [7, 11) is 0. The van der Waals surface area contributed by atoms with Gasteiger partial charge in [0.2, 0.25) is 0 Å². The van der Waals surface area contributed by atoms with E-state index < -0.39 is 0 Å². The first kappa shape index (κ1) is 24.6. The van der Waals surface area contributed by atoms with Crippen LogP contribution in [0.3, 0.4) is 0 Å². The van der Waals surface area contributed by atoms with Crippen molar-refractivity contribution >= 4 is 91.0 Å². The van der Waals surface area contributed by atoms with Crippen molar-refractivity contribution in [2.45, 2.75) is 6.54 Å². The molecule has 0 saturated heterocycles. The Hall–Kier alpha value is -1.06. The summed E-state index contributed by atoms with van der Waals surface area (Å²) in [6, 6.07) is 22.6. The quantitative estimate of drug-likeness (QED) is 0.155. The van der Waals surface area contributed by atoms with Crippen molar-refractivity contribution in [3.8, 4) is 0 Å². The molecule has 0 spiro atoms. The number of anilines is 2. The second-order valence-corrected chi connectivity index (χ2v) is 10.2. The van der Waals surface area contributed by atoms with Gasteiger partial charge in [-0.2, -0.15) is 0 Å². The van der Waals surface area contributed by atoms with Crippen LogP contribution in [0, 0.1) is 0 Å². The molecule has 0 unspecified atom stereocenters. The third-order valence-electron chi connectivity index (χ3n) is 4.19. The van der Waals surface area contributed by atoms with E-state index in [0.29, 0.717) is 0 Å². The molecule has 1 heterocycles. The molecule has 1 aromatic heterocycles. The first-order chi connectivity index (χ1) is 15.0. The van der Waals surface area contributed by atoms with Crippen LogP contribution in [0.1, 0.15) is 5.56 Å². The molecule has 3 aromatic carbocycles. The van der Waals surface area contributed by atoms with Gasteiger partial charge in [-0.1, -0.05) is 48.5 Å². The minimum atomic E-state index is 0.753. The highest BCUT2D eigenvalue weighted by molar-refractivity contribution is 9.15. The number of halogens is 5. The van der Waals surface area contributed by atoms with E-state index in [2.05, 4.69) is 143 Å². The van der Waals surface area contributed by atoms with Crippen molar-refractivity contribution in [2.24, 2.45) is 0 Å². The van der Waals surface area contributed by atoms with Gasteiger partial charge in [0.25, 0.3) is 0 Å². The minimum absolute atomic E-state index is 0.753. The van der Waals surface area contributed by atoms with Gasteiger partial charge in [0, 0.05) is 38.0 Å². The molecule has 0 atom stereocenters. The predicted octanol–water partition coefficient (Wildman–Crippen LogP) is 9.31. The van der Waals surface area contributed by atoms with E-state index in [4.69, 9.17) is 0 Å². The van der Waals surface area contributed by atoms with Gasteiger partial charge in [0.1, 0.15) is 6.33 Å². The van der Waals surface area contributed by atoms with Crippen LogP contribution in [-0.4, -0.2) is 9.97 Å². The number of hydrogen-bond donors (Lipinski definition) is 0. The van der Waals surface area contributed by atoms with Gasteiger partial charge < -0.3 is 4.90 Å². The van der Waals surface area contributed by atoms with Crippen LogP contribution >= 0.6 is 79.6 Å². The van der Waals surface area contributed by atoms with Crippen LogP contribution < -0.4 is 4.90 Å². The molecular weight excluding hydrogens is 718 g/mol. The Bertz CT molecular complexity index is 1050. The molecule has 3 nitrogen and oxygen atoms in total. The summed E-state index contributed by atoms with van der Waals surface area (Å²) in [5.41, 5.74) is 3.41. The second kappa shape index (κ2) is 12.3. The lowest BCUT2D eigenvalue weighted by Gasteiger charge is -2.29. The van der Waals surface area contributed by atoms with Gasteiger partial charge in [-0.15, -0.1) is 0 Å². The fourth-order valence-electron chi connectivity index (χ4n) is 2.76. The summed E-state index contributed by atoms with van der Waals surface area (Å²) in [4.78, 5) is 9.63. The van der Waals surface area contributed by atoms with Gasteiger partial charge in [0.05, 0.1) is 14.6 Å². The Morgan fingerprint density at radius 1 is 0.581 bits per heavy atom. The number of para-hydroxylation sites is 1. The van der Waals surface area contributed by atoms with E-state index in [1.165, 1.54) is 11.9 Å². The Kier molecular flexibility index (Phi) is 9.72. The summed E-state index contributed by atoms with van der Waals surface area (Å²) in [6.07, 6.45) is 4.88. The largest absolute Gasteiger partial charge is 0.335 e. The summed E-state index contributed by atoms with van der Waals surface area (Å²) in [6.45, 7) is 0.753.